The van der Waals surface area contributed by atoms with E-state index in [4.69, 9.17) is 9.84 Å². The van der Waals surface area contributed by atoms with Crippen molar-refractivity contribution in [2.45, 2.75) is 36.3 Å². The maximum Gasteiger partial charge on any atom is 0.132 e. The topological polar surface area (TPSA) is 90.2 Å². The van der Waals surface area contributed by atoms with Crippen molar-refractivity contribution in [3.05, 3.63) is 35.9 Å². The van der Waals surface area contributed by atoms with E-state index in [0.29, 0.717) is 5.75 Å². The molecule has 0 bridgehead atoms. The van der Waals surface area contributed by atoms with E-state index in [9.17, 15) is 15.3 Å². The average Bonchev–Trinajstić information content (AvgIpc) is 2.48. The second kappa shape index (κ2) is 7.40. The van der Waals surface area contributed by atoms with E-state index >= 15 is 0 Å². The van der Waals surface area contributed by atoms with Crippen LogP contribution in [0.4, 0.5) is 0 Å². The first kappa shape index (κ1) is 15.8. The van der Waals surface area contributed by atoms with Crippen molar-refractivity contribution in [2.24, 2.45) is 0 Å². The maximum absolute atomic E-state index is 9.88. The Labute approximate surface area is 122 Å². The van der Waals surface area contributed by atoms with Gasteiger partial charge in [0.25, 0.3) is 0 Å². The third kappa shape index (κ3) is 3.72. The normalized spacial score (nSPS) is 34.1. The lowest BCUT2D eigenvalue weighted by Crippen LogP contribution is -2.57. The first-order valence-corrected chi connectivity index (χ1v) is 7.64. The number of aliphatic hydroxyl groups is 4. The molecule has 1 saturated heterocycles. The standard InChI is InChI=1S/C14H20O5S/c15-8-10-11(16)12(17)13(18)14(19-10)20-7-6-9-4-2-1-3-5-9/h1-5,10-18H,6-8H2/t10-,11+,12+,13-,14-/m0/s1. The highest BCUT2D eigenvalue weighted by Crippen LogP contribution is 2.28. The molecule has 1 aliphatic heterocycles. The van der Waals surface area contributed by atoms with Gasteiger partial charge in [-0.25, -0.2) is 0 Å². The number of rotatable bonds is 5. The minimum atomic E-state index is -1.30. The largest absolute Gasteiger partial charge is 0.394 e. The van der Waals surface area contributed by atoms with Gasteiger partial charge in [-0.2, -0.15) is 0 Å². The van der Waals surface area contributed by atoms with Crippen LogP contribution in [-0.4, -0.2) is 62.6 Å². The van der Waals surface area contributed by atoms with Gasteiger partial charge in [0.15, 0.2) is 0 Å². The van der Waals surface area contributed by atoms with Gasteiger partial charge in [-0.05, 0) is 17.7 Å². The summed E-state index contributed by atoms with van der Waals surface area (Å²) < 4.78 is 5.42. The van der Waals surface area contributed by atoms with Gasteiger partial charge >= 0.3 is 0 Å². The summed E-state index contributed by atoms with van der Waals surface area (Å²) in [4.78, 5) is 0. The molecule has 0 amide bonds. The summed E-state index contributed by atoms with van der Waals surface area (Å²) >= 11 is 1.37. The number of hydrogen-bond acceptors (Lipinski definition) is 6. The highest BCUT2D eigenvalue weighted by molar-refractivity contribution is 7.99. The van der Waals surface area contributed by atoms with E-state index in [-0.39, 0.29) is 6.61 Å². The van der Waals surface area contributed by atoms with Crippen LogP contribution in [0, 0.1) is 0 Å². The summed E-state index contributed by atoms with van der Waals surface area (Å²) in [6, 6.07) is 9.93. The van der Waals surface area contributed by atoms with Crippen LogP contribution in [0.5, 0.6) is 0 Å². The van der Waals surface area contributed by atoms with Crippen LogP contribution in [0.25, 0.3) is 0 Å². The molecule has 1 aromatic rings. The Morgan fingerprint density at radius 3 is 2.35 bits per heavy atom. The number of ether oxygens (including phenoxy) is 1. The van der Waals surface area contributed by atoms with Gasteiger partial charge < -0.3 is 25.2 Å². The van der Waals surface area contributed by atoms with Crippen LogP contribution in [0.3, 0.4) is 0 Å². The second-order valence-electron chi connectivity index (χ2n) is 4.80. The first-order chi connectivity index (χ1) is 9.63. The highest BCUT2D eigenvalue weighted by Gasteiger charge is 2.43. The maximum atomic E-state index is 9.88. The van der Waals surface area contributed by atoms with Crippen LogP contribution < -0.4 is 0 Å². The molecule has 1 aliphatic rings. The molecule has 5 nitrogen and oxygen atoms in total. The number of hydrogen-bond donors (Lipinski definition) is 4. The fourth-order valence-electron chi connectivity index (χ4n) is 2.14. The van der Waals surface area contributed by atoms with Gasteiger partial charge in [0.05, 0.1) is 6.61 Å². The van der Waals surface area contributed by atoms with E-state index in [2.05, 4.69) is 0 Å². The Morgan fingerprint density at radius 1 is 1.00 bits per heavy atom. The summed E-state index contributed by atoms with van der Waals surface area (Å²) in [5.74, 6) is 0.715. The van der Waals surface area contributed by atoms with Crippen molar-refractivity contribution in [3.63, 3.8) is 0 Å². The molecule has 1 heterocycles. The fourth-order valence-corrected chi connectivity index (χ4v) is 3.31. The van der Waals surface area contributed by atoms with Gasteiger partial charge in [-0.15, -0.1) is 11.8 Å². The van der Waals surface area contributed by atoms with E-state index in [1.807, 2.05) is 30.3 Å². The van der Waals surface area contributed by atoms with Crippen molar-refractivity contribution in [3.8, 4) is 0 Å². The molecular weight excluding hydrogens is 280 g/mol. The third-order valence-electron chi connectivity index (χ3n) is 3.36. The molecule has 6 heteroatoms. The quantitative estimate of drug-likeness (QED) is 0.600. The van der Waals surface area contributed by atoms with Crippen molar-refractivity contribution in [1.82, 2.24) is 0 Å². The average molecular weight is 300 g/mol. The van der Waals surface area contributed by atoms with Crippen LogP contribution in [0.15, 0.2) is 30.3 Å². The molecule has 0 radical (unpaired) electrons. The number of benzene rings is 1. The Hall–Kier alpha value is -0.630. The fraction of sp³-hybridized carbons (Fsp3) is 0.571. The summed E-state index contributed by atoms with van der Waals surface area (Å²) in [6.45, 7) is -0.388. The molecule has 5 atom stereocenters. The molecule has 0 saturated carbocycles. The van der Waals surface area contributed by atoms with Crippen molar-refractivity contribution in [2.75, 3.05) is 12.4 Å². The smallest absolute Gasteiger partial charge is 0.132 e. The number of aliphatic hydroxyl groups excluding tert-OH is 4. The SMILES string of the molecule is OC[C@@H]1O[C@@H](SCCc2ccccc2)[C@@H](O)[C@H](O)[C@@H]1O. The predicted octanol–water partition coefficient (Wildman–Crippen LogP) is -0.238. The van der Waals surface area contributed by atoms with Crippen molar-refractivity contribution < 1.29 is 25.2 Å². The molecule has 0 aliphatic carbocycles. The van der Waals surface area contributed by atoms with E-state index in [0.717, 1.165) is 6.42 Å². The van der Waals surface area contributed by atoms with E-state index < -0.39 is 29.9 Å². The molecule has 2 rings (SSSR count). The van der Waals surface area contributed by atoms with Gasteiger partial charge in [0.2, 0.25) is 0 Å². The summed E-state index contributed by atoms with van der Waals surface area (Å²) in [5, 5.41) is 38.3. The zero-order valence-electron chi connectivity index (χ0n) is 11.0. The van der Waals surface area contributed by atoms with Crippen molar-refractivity contribution in [1.29, 1.82) is 0 Å². The molecular formula is C14H20O5S. The first-order valence-electron chi connectivity index (χ1n) is 6.59. The number of thioether (sulfide) groups is 1. The molecule has 0 unspecified atom stereocenters. The molecule has 0 aromatic heterocycles. The van der Waals surface area contributed by atoms with Gasteiger partial charge in [0, 0.05) is 0 Å². The lowest BCUT2D eigenvalue weighted by molar-refractivity contribution is -0.205. The molecule has 112 valence electrons. The van der Waals surface area contributed by atoms with Gasteiger partial charge in [0.1, 0.15) is 29.9 Å². The Morgan fingerprint density at radius 2 is 1.70 bits per heavy atom. The second-order valence-corrected chi connectivity index (χ2v) is 6.01. The highest BCUT2D eigenvalue weighted by atomic mass is 32.2. The van der Waals surface area contributed by atoms with Crippen LogP contribution in [0.2, 0.25) is 0 Å². The summed E-state index contributed by atoms with van der Waals surface area (Å²) in [5.41, 5.74) is 0.541. The predicted molar refractivity (Wildman–Crippen MR) is 76.4 cm³/mol. The van der Waals surface area contributed by atoms with Crippen LogP contribution >= 0.6 is 11.8 Å². The lowest BCUT2D eigenvalue weighted by atomic mass is 10.0. The van der Waals surface area contributed by atoms with Crippen LogP contribution in [0.1, 0.15) is 5.56 Å². The third-order valence-corrected chi connectivity index (χ3v) is 4.52. The zero-order chi connectivity index (χ0) is 14.5. The Balaban J connectivity index is 1.85. The lowest BCUT2D eigenvalue weighted by Gasteiger charge is -2.39. The van der Waals surface area contributed by atoms with Crippen LogP contribution in [-0.2, 0) is 11.2 Å². The van der Waals surface area contributed by atoms with E-state index in [1.165, 1.54) is 17.3 Å². The molecule has 0 spiro atoms. The van der Waals surface area contributed by atoms with E-state index in [1.54, 1.807) is 0 Å². The monoisotopic (exact) mass is 300 g/mol. The Bertz CT molecular complexity index is 400. The molecule has 1 aromatic carbocycles. The Kier molecular flexibility index (Phi) is 5.83. The number of aryl methyl sites for hydroxylation is 1. The zero-order valence-corrected chi connectivity index (χ0v) is 11.8. The minimum absolute atomic E-state index is 0.388. The molecule has 4 N–H and O–H groups in total. The summed E-state index contributed by atoms with van der Waals surface area (Å²) in [7, 11) is 0. The van der Waals surface area contributed by atoms with Crippen molar-refractivity contribution >= 4 is 11.8 Å². The molecule has 20 heavy (non-hydrogen) atoms. The molecule has 1 fully saturated rings. The summed E-state index contributed by atoms with van der Waals surface area (Å²) in [6.07, 6.45) is -3.76. The minimum Gasteiger partial charge on any atom is -0.394 e. The van der Waals surface area contributed by atoms with Gasteiger partial charge in [-0.1, -0.05) is 30.3 Å². The van der Waals surface area contributed by atoms with Gasteiger partial charge in [-0.3, -0.25) is 0 Å².